The molecule has 6 heteroatoms. The van der Waals surface area contributed by atoms with Crippen LogP contribution in [0.25, 0.3) is 0 Å². The monoisotopic (exact) mass is 306 g/mol. The molecular weight excluding hydrogens is 280 g/mol. The van der Waals surface area contributed by atoms with Crippen LogP contribution in [0, 0.1) is 18.8 Å². The number of carbonyl (C=O) groups excluding carboxylic acids is 1. The van der Waals surface area contributed by atoms with Gasteiger partial charge in [0.2, 0.25) is 5.91 Å². The van der Waals surface area contributed by atoms with Gasteiger partial charge in [0.15, 0.2) is 5.76 Å². The highest BCUT2D eigenvalue weighted by molar-refractivity contribution is 5.79. The molecule has 2 heterocycles. The summed E-state index contributed by atoms with van der Waals surface area (Å²) in [6, 6.07) is 1.97. The van der Waals surface area contributed by atoms with Crippen LogP contribution in [0.3, 0.4) is 0 Å². The molecule has 0 unspecified atom stereocenters. The number of aromatic nitrogens is 1. The van der Waals surface area contributed by atoms with Crippen LogP contribution in [0.4, 0.5) is 0 Å². The van der Waals surface area contributed by atoms with E-state index in [1.54, 1.807) is 0 Å². The molecule has 3 rings (SSSR count). The summed E-state index contributed by atoms with van der Waals surface area (Å²) in [6.07, 6.45) is 3.26. The maximum absolute atomic E-state index is 12.7. The first-order valence-electron chi connectivity index (χ1n) is 8.31. The standard InChI is InChI=1S/C16H26N4O2/c1-12-9-14(22-18-12)11-19-5-7-20(8-6-19)16(21)15-4-2-3-13(15)10-17/h9,13,15H,2-8,10-11,17H2,1H3/t13-,15-/m1/s1. The second kappa shape index (κ2) is 6.79. The molecule has 2 fully saturated rings. The van der Waals surface area contributed by atoms with Crippen LogP contribution in [0.2, 0.25) is 0 Å². The molecule has 0 bridgehead atoms. The molecule has 0 aromatic carbocycles. The Morgan fingerprint density at radius 3 is 2.77 bits per heavy atom. The second-order valence-corrected chi connectivity index (χ2v) is 6.57. The Hall–Kier alpha value is -1.40. The lowest BCUT2D eigenvalue weighted by Crippen LogP contribution is -2.50. The molecule has 2 N–H and O–H groups in total. The Balaban J connectivity index is 1.50. The van der Waals surface area contributed by atoms with Crippen molar-refractivity contribution in [3.63, 3.8) is 0 Å². The van der Waals surface area contributed by atoms with Gasteiger partial charge in [-0.25, -0.2) is 0 Å². The first-order valence-corrected chi connectivity index (χ1v) is 8.31. The zero-order valence-corrected chi connectivity index (χ0v) is 13.3. The number of aryl methyl sites for hydroxylation is 1. The molecule has 22 heavy (non-hydrogen) atoms. The van der Waals surface area contributed by atoms with E-state index in [1.165, 1.54) is 0 Å². The van der Waals surface area contributed by atoms with Crippen LogP contribution in [0.5, 0.6) is 0 Å². The Labute approximate surface area is 131 Å². The largest absolute Gasteiger partial charge is 0.360 e. The number of hydrogen-bond acceptors (Lipinski definition) is 5. The number of nitrogens with zero attached hydrogens (tertiary/aromatic N) is 3. The highest BCUT2D eigenvalue weighted by atomic mass is 16.5. The maximum atomic E-state index is 12.7. The molecule has 1 aromatic heterocycles. The molecule has 0 radical (unpaired) electrons. The predicted octanol–water partition coefficient (Wildman–Crippen LogP) is 1.00. The lowest BCUT2D eigenvalue weighted by molar-refractivity contribution is -0.138. The van der Waals surface area contributed by atoms with Crippen molar-refractivity contribution in [2.75, 3.05) is 32.7 Å². The molecular formula is C16H26N4O2. The SMILES string of the molecule is Cc1cc(CN2CCN(C(=O)[C@@H]3CCC[C@@H]3CN)CC2)on1. The quantitative estimate of drug-likeness (QED) is 0.898. The van der Waals surface area contributed by atoms with E-state index in [9.17, 15) is 4.79 Å². The molecule has 122 valence electrons. The summed E-state index contributed by atoms with van der Waals surface area (Å²) >= 11 is 0. The van der Waals surface area contributed by atoms with Crippen LogP contribution < -0.4 is 5.73 Å². The van der Waals surface area contributed by atoms with Crippen LogP contribution in [-0.4, -0.2) is 53.6 Å². The van der Waals surface area contributed by atoms with E-state index < -0.39 is 0 Å². The van der Waals surface area contributed by atoms with Gasteiger partial charge in [0, 0.05) is 38.2 Å². The fraction of sp³-hybridized carbons (Fsp3) is 0.750. The Morgan fingerprint density at radius 2 is 2.14 bits per heavy atom. The fourth-order valence-electron chi connectivity index (χ4n) is 3.72. The minimum Gasteiger partial charge on any atom is -0.360 e. The van der Waals surface area contributed by atoms with Crippen molar-refractivity contribution in [3.05, 3.63) is 17.5 Å². The highest BCUT2D eigenvalue weighted by Gasteiger charge is 2.35. The van der Waals surface area contributed by atoms with Crippen LogP contribution in [0.1, 0.15) is 30.7 Å². The third kappa shape index (κ3) is 3.33. The third-order valence-electron chi connectivity index (χ3n) is 5.02. The molecule has 1 amide bonds. The molecule has 1 saturated heterocycles. The van der Waals surface area contributed by atoms with E-state index in [-0.39, 0.29) is 5.92 Å². The van der Waals surface area contributed by atoms with Gasteiger partial charge in [-0.3, -0.25) is 9.69 Å². The normalized spacial score (nSPS) is 26.5. The second-order valence-electron chi connectivity index (χ2n) is 6.57. The smallest absolute Gasteiger partial charge is 0.226 e. The first-order chi connectivity index (χ1) is 10.7. The number of nitrogens with two attached hydrogens (primary N) is 1. The molecule has 2 aliphatic rings. The summed E-state index contributed by atoms with van der Waals surface area (Å²) in [5.74, 6) is 1.77. The number of amides is 1. The van der Waals surface area contributed by atoms with Gasteiger partial charge >= 0.3 is 0 Å². The van der Waals surface area contributed by atoms with Crippen LogP contribution >= 0.6 is 0 Å². The van der Waals surface area contributed by atoms with E-state index in [2.05, 4.69) is 10.1 Å². The fourth-order valence-corrected chi connectivity index (χ4v) is 3.72. The van der Waals surface area contributed by atoms with Crippen molar-refractivity contribution in [2.45, 2.75) is 32.7 Å². The van der Waals surface area contributed by atoms with Gasteiger partial charge in [0.25, 0.3) is 0 Å². The van der Waals surface area contributed by atoms with Crippen molar-refractivity contribution in [1.82, 2.24) is 15.0 Å². The number of rotatable bonds is 4. The zero-order chi connectivity index (χ0) is 15.5. The van der Waals surface area contributed by atoms with Gasteiger partial charge in [-0.15, -0.1) is 0 Å². The van der Waals surface area contributed by atoms with E-state index >= 15 is 0 Å². The number of carbonyl (C=O) groups is 1. The molecule has 6 nitrogen and oxygen atoms in total. The first kappa shape index (κ1) is 15.5. The van der Waals surface area contributed by atoms with Crippen molar-refractivity contribution in [3.8, 4) is 0 Å². The molecule has 1 saturated carbocycles. The Kier molecular flexibility index (Phi) is 4.78. The van der Waals surface area contributed by atoms with Gasteiger partial charge in [0.05, 0.1) is 12.2 Å². The summed E-state index contributed by atoms with van der Waals surface area (Å²) in [4.78, 5) is 17.0. The van der Waals surface area contributed by atoms with Gasteiger partial charge in [-0.2, -0.15) is 0 Å². The molecule has 1 aliphatic heterocycles. The summed E-state index contributed by atoms with van der Waals surface area (Å²) in [7, 11) is 0. The third-order valence-corrected chi connectivity index (χ3v) is 5.02. The van der Waals surface area contributed by atoms with Crippen molar-refractivity contribution >= 4 is 5.91 Å². The summed E-state index contributed by atoms with van der Waals surface area (Å²) in [6.45, 7) is 6.74. The Bertz CT molecular complexity index is 508. The van der Waals surface area contributed by atoms with Gasteiger partial charge in [-0.05, 0) is 32.2 Å². The summed E-state index contributed by atoms with van der Waals surface area (Å²) in [5.41, 5.74) is 6.72. The van der Waals surface area contributed by atoms with E-state index in [0.29, 0.717) is 18.4 Å². The number of piperazine rings is 1. The molecule has 0 spiro atoms. The average Bonchev–Trinajstić information content (AvgIpc) is 3.16. The maximum Gasteiger partial charge on any atom is 0.226 e. The topological polar surface area (TPSA) is 75.6 Å². The Morgan fingerprint density at radius 1 is 1.36 bits per heavy atom. The van der Waals surface area contributed by atoms with Crippen molar-refractivity contribution in [2.24, 2.45) is 17.6 Å². The van der Waals surface area contributed by atoms with E-state index in [4.69, 9.17) is 10.3 Å². The lowest BCUT2D eigenvalue weighted by atomic mass is 9.94. The summed E-state index contributed by atoms with van der Waals surface area (Å²) < 4.78 is 5.27. The van der Waals surface area contributed by atoms with Gasteiger partial charge < -0.3 is 15.2 Å². The number of hydrogen-bond donors (Lipinski definition) is 1. The lowest BCUT2D eigenvalue weighted by Gasteiger charge is -2.36. The highest BCUT2D eigenvalue weighted by Crippen LogP contribution is 2.32. The minimum absolute atomic E-state index is 0.161. The molecule has 2 atom stereocenters. The van der Waals surface area contributed by atoms with Crippen LogP contribution in [-0.2, 0) is 11.3 Å². The average molecular weight is 306 g/mol. The van der Waals surface area contributed by atoms with Crippen molar-refractivity contribution < 1.29 is 9.32 Å². The predicted molar refractivity (Wildman–Crippen MR) is 83.0 cm³/mol. The van der Waals surface area contributed by atoms with E-state index in [1.807, 2.05) is 17.9 Å². The minimum atomic E-state index is 0.161. The molecule has 1 aromatic rings. The zero-order valence-electron chi connectivity index (χ0n) is 13.3. The van der Waals surface area contributed by atoms with Gasteiger partial charge in [-0.1, -0.05) is 11.6 Å². The molecule has 1 aliphatic carbocycles. The van der Waals surface area contributed by atoms with Crippen LogP contribution in [0.15, 0.2) is 10.6 Å². The summed E-state index contributed by atoms with van der Waals surface area (Å²) in [5, 5.41) is 3.92. The van der Waals surface area contributed by atoms with Gasteiger partial charge in [0.1, 0.15) is 0 Å². The van der Waals surface area contributed by atoms with E-state index in [0.717, 1.165) is 63.4 Å². The van der Waals surface area contributed by atoms with Crippen molar-refractivity contribution in [1.29, 1.82) is 0 Å².